The van der Waals surface area contributed by atoms with Gasteiger partial charge in [0.15, 0.2) is 0 Å². The molecule has 0 amide bonds. The van der Waals surface area contributed by atoms with E-state index in [1.165, 1.54) is 58.7 Å². The molecule has 0 spiro atoms. The van der Waals surface area contributed by atoms with Gasteiger partial charge in [-0.25, -0.2) is 4.99 Å². The molecule has 2 atom stereocenters. The van der Waals surface area contributed by atoms with E-state index in [0.29, 0.717) is 0 Å². The quantitative estimate of drug-likeness (QED) is 0.184. The number of rotatable bonds is 5. The number of nitrogens with zero attached hydrogens (tertiary/aromatic N) is 2. The average molecular weight is 751 g/mol. The van der Waals surface area contributed by atoms with Gasteiger partial charge in [0.05, 0.1) is 11.0 Å². The van der Waals surface area contributed by atoms with Crippen LogP contribution in [-0.4, -0.2) is 10.4 Å². The SMILES string of the molecule is c1ccc(C2=NC(c3ccccc3)NC(c3cccc4c3sc3c(-c5cccc6oc7ccc(-n8c9ccccc9c9ccccc98)cc7c56)cccc34)N2)cc1. The first-order valence-corrected chi connectivity index (χ1v) is 20.2. The summed E-state index contributed by atoms with van der Waals surface area (Å²) in [5, 5.41) is 14.8. The first-order chi connectivity index (χ1) is 28.3. The largest absolute Gasteiger partial charge is 0.456 e. The van der Waals surface area contributed by atoms with Crippen molar-refractivity contribution in [2.24, 2.45) is 4.99 Å². The number of hydrogen-bond donors (Lipinski definition) is 2. The molecule has 0 saturated heterocycles. The Kier molecular flexibility index (Phi) is 7.24. The highest BCUT2D eigenvalue weighted by atomic mass is 32.1. The second-order valence-electron chi connectivity index (χ2n) is 14.7. The maximum atomic E-state index is 6.59. The lowest BCUT2D eigenvalue weighted by Crippen LogP contribution is -2.45. The van der Waals surface area contributed by atoms with Gasteiger partial charge >= 0.3 is 0 Å². The Morgan fingerprint density at radius 1 is 0.526 bits per heavy atom. The summed E-state index contributed by atoms with van der Waals surface area (Å²) in [6.45, 7) is 0. The van der Waals surface area contributed by atoms with E-state index in [1.807, 2.05) is 17.4 Å². The van der Waals surface area contributed by atoms with E-state index in [2.05, 4.69) is 191 Å². The minimum Gasteiger partial charge on any atom is -0.456 e. The highest BCUT2D eigenvalue weighted by Crippen LogP contribution is 2.46. The Bertz CT molecular complexity index is 3320. The molecule has 0 fully saturated rings. The molecule has 8 aromatic carbocycles. The molecule has 1 aliphatic heterocycles. The minimum absolute atomic E-state index is 0.163. The third-order valence-electron chi connectivity index (χ3n) is 11.5. The molecule has 0 bridgehead atoms. The third-order valence-corrected chi connectivity index (χ3v) is 12.8. The van der Waals surface area contributed by atoms with Gasteiger partial charge in [-0.2, -0.15) is 0 Å². The van der Waals surface area contributed by atoms with Crippen molar-refractivity contribution in [1.82, 2.24) is 15.2 Å². The Balaban J connectivity index is 1.02. The Hall–Kier alpha value is -6.99. The minimum atomic E-state index is -0.202. The molecule has 2 unspecified atom stereocenters. The molecule has 2 N–H and O–H groups in total. The van der Waals surface area contributed by atoms with Crippen molar-refractivity contribution in [2.45, 2.75) is 12.3 Å². The van der Waals surface area contributed by atoms with Gasteiger partial charge in [0, 0.05) is 64.1 Å². The summed E-state index contributed by atoms with van der Waals surface area (Å²) in [6, 6.07) is 64.8. The molecule has 57 heavy (non-hydrogen) atoms. The summed E-state index contributed by atoms with van der Waals surface area (Å²) in [4.78, 5) is 5.16. The lowest BCUT2D eigenvalue weighted by atomic mass is 9.97. The standard InChI is InChI=1S/C51H34N4OS/c1-3-14-31(15-4-1)49-52-50(32-16-5-2-6-17-32)54-51(53-49)40-24-12-23-39-38-22-11-21-37(47(38)57-48(39)40)36-20-13-27-45-46(36)41-30-33(28-29-44(41)56-45)55-42-25-9-7-18-34(42)35-19-8-10-26-43(35)55/h1-30,49,51,53H,(H,52,54). The van der Waals surface area contributed by atoms with Gasteiger partial charge in [0.25, 0.3) is 0 Å². The summed E-state index contributed by atoms with van der Waals surface area (Å²) in [6.07, 6.45) is -0.365. The maximum absolute atomic E-state index is 6.59. The monoisotopic (exact) mass is 750 g/mol. The van der Waals surface area contributed by atoms with E-state index in [4.69, 9.17) is 9.41 Å². The topological polar surface area (TPSA) is 54.5 Å². The van der Waals surface area contributed by atoms with Crippen LogP contribution in [0.4, 0.5) is 0 Å². The summed E-state index contributed by atoms with van der Waals surface area (Å²) in [7, 11) is 0. The molecule has 5 nitrogen and oxygen atoms in total. The number of nitrogens with one attached hydrogen (secondary N) is 2. The number of thiophene rings is 1. The molecule has 12 rings (SSSR count). The van der Waals surface area contributed by atoms with Crippen molar-refractivity contribution in [3.63, 3.8) is 0 Å². The fraction of sp³-hybridized carbons (Fsp3) is 0.0392. The molecule has 0 radical (unpaired) electrons. The van der Waals surface area contributed by atoms with Gasteiger partial charge in [-0.15, -0.1) is 11.3 Å². The Morgan fingerprint density at radius 3 is 1.96 bits per heavy atom. The van der Waals surface area contributed by atoms with Gasteiger partial charge in [-0.05, 0) is 47.5 Å². The predicted octanol–water partition coefficient (Wildman–Crippen LogP) is 13.1. The summed E-state index contributed by atoms with van der Waals surface area (Å²) in [5.74, 6) is 0.880. The zero-order chi connectivity index (χ0) is 37.5. The predicted molar refractivity (Wildman–Crippen MR) is 238 cm³/mol. The number of hydrogen-bond acceptors (Lipinski definition) is 5. The number of furan rings is 1. The summed E-state index contributed by atoms with van der Waals surface area (Å²) in [5.41, 5.74) is 11.0. The second kappa shape index (κ2) is 12.8. The normalized spacial score (nSPS) is 15.9. The number of aromatic nitrogens is 1. The van der Waals surface area contributed by atoms with E-state index < -0.39 is 0 Å². The third kappa shape index (κ3) is 5.08. The first-order valence-electron chi connectivity index (χ1n) is 19.4. The highest BCUT2D eigenvalue weighted by molar-refractivity contribution is 7.26. The van der Waals surface area contributed by atoms with Crippen molar-refractivity contribution in [2.75, 3.05) is 0 Å². The second-order valence-corrected chi connectivity index (χ2v) is 15.8. The number of benzene rings is 8. The lowest BCUT2D eigenvalue weighted by Gasteiger charge is -2.32. The van der Waals surface area contributed by atoms with Crippen LogP contribution in [-0.2, 0) is 0 Å². The van der Waals surface area contributed by atoms with Crippen molar-refractivity contribution < 1.29 is 4.42 Å². The fourth-order valence-electron chi connectivity index (χ4n) is 8.93. The van der Waals surface area contributed by atoms with Crippen molar-refractivity contribution in [1.29, 1.82) is 0 Å². The molecule has 4 heterocycles. The van der Waals surface area contributed by atoms with E-state index in [9.17, 15) is 0 Å². The molecule has 11 aromatic rings. The van der Waals surface area contributed by atoms with Gasteiger partial charge in [-0.1, -0.05) is 146 Å². The van der Waals surface area contributed by atoms with Crippen molar-refractivity contribution in [3.8, 4) is 16.8 Å². The molecule has 270 valence electrons. The Labute approximate surface area is 332 Å². The van der Waals surface area contributed by atoms with Gasteiger partial charge < -0.3 is 14.3 Å². The van der Waals surface area contributed by atoms with Crippen LogP contribution < -0.4 is 10.6 Å². The summed E-state index contributed by atoms with van der Waals surface area (Å²) < 4.78 is 11.5. The molecular weight excluding hydrogens is 717 g/mol. The Morgan fingerprint density at radius 2 is 1.18 bits per heavy atom. The van der Waals surface area contributed by atoms with Gasteiger partial charge in [-0.3, -0.25) is 5.32 Å². The molecule has 6 heteroatoms. The number of para-hydroxylation sites is 2. The number of amidine groups is 1. The van der Waals surface area contributed by atoms with Gasteiger partial charge in [0.1, 0.15) is 29.3 Å². The molecule has 1 aliphatic rings. The fourth-order valence-corrected chi connectivity index (χ4v) is 10.3. The lowest BCUT2D eigenvalue weighted by molar-refractivity contribution is 0.411. The zero-order valence-electron chi connectivity index (χ0n) is 30.7. The first kappa shape index (κ1) is 32.3. The zero-order valence-corrected chi connectivity index (χ0v) is 31.5. The van der Waals surface area contributed by atoms with E-state index in [1.54, 1.807) is 0 Å². The molecule has 3 aromatic heterocycles. The van der Waals surface area contributed by atoms with Crippen LogP contribution in [0.5, 0.6) is 0 Å². The van der Waals surface area contributed by atoms with Crippen LogP contribution in [0.3, 0.4) is 0 Å². The van der Waals surface area contributed by atoms with Crippen LogP contribution in [0.1, 0.15) is 29.0 Å². The number of aliphatic imine (C=N–C) groups is 1. The molecule has 0 saturated carbocycles. The van der Waals surface area contributed by atoms with Crippen LogP contribution in [0.25, 0.3) is 80.7 Å². The number of fused-ring (bicyclic) bond motifs is 9. The van der Waals surface area contributed by atoms with Gasteiger partial charge in [0.2, 0.25) is 0 Å². The van der Waals surface area contributed by atoms with Crippen LogP contribution in [0, 0.1) is 0 Å². The van der Waals surface area contributed by atoms with E-state index >= 15 is 0 Å². The molecular formula is C51H34N4OS. The van der Waals surface area contributed by atoms with Crippen LogP contribution in [0.2, 0.25) is 0 Å². The van der Waals surface area contributed by atoms with E-state index in [-0.39, 0.29) is 12.3 Å². The van der Waals surface area contributed by atoms with Crippen LogP contribution in [0.15, 0.2) is 191 Å². The molecule has 0 aliphatic carbocycles. The van der Waals surface area contributed by atoms with Crippen molar-refractivity contribution in [3.05, 3.63) is 199 Å². The van der Waals surface area contributed by atoms with Crippen molar-refractivity contribution >= 4 is 81.1 Å². The van der Waals surface area contributed by atoms with Crippen LogP contribution >= 0.6 is 11.3 Å². The average Bonchev–Trinajstić information content (AvgIpc) is 3.96. The maximum Gasteiger partial charge on any atom is 0.136 e. The smallest absolute Gasteiger partial charge is 0.136 e. The highest BCUT2D eigenvalue weighted by Gasteiger charge is 2.28. The van der Waals surface area contributed by atoms with E-state index in [0.717, 1.165) is 44.6 Å². The summed E-state index contributed by atoms with van der Waals surface area (Å²) >= 11 is 1.86.